The first-order valence-corrected chi connectivity index (χ1v) is 11.5. The van der Waals surface area contributed by atoms with Crippen molar-refractivity contribution in [3.8, 4) is 11.3 Å². The van der Waals surface area contributed by atoms with E-state index in [9.17, 15) is 9.59 Å². The van der Waals surface area contributed by atoms with Gasteiger partial charge in [0.2, 0.25) is 5.91 Å². The first kappa shape index (κ1) is 23.0. The summed E-state index contributed by atoms with van der Waals surface area (Å²) < 4.78 is 0. The number of carbonyl (C=O) groups is 2. The number of aromatic nitrogens is 1. The van der Waals surface area contributed by atoms with E-state index in [-0.39, 0.29) is 17.7 Å². The lowest BCUT2D eigenvalue weighted by atomic mass is 10.0. The second-order valence-electron chi connectivity index (χ2n) is 7.66. The van der Waals surface area contributed by atoms with E-state index in [0.717, 1.165) is 21.8 Å². The van der Waals surface area contributed by atoms with Crippen LogP contribution in [0.3, 0.4) is 0 Å². The molecule has 3 aromatic rings. The van der Waals surface area contributed by atoms with E-state index in [1.807, 2.05) is 38.3 Å². The van der Waals surface area contributed by atoms with Crippen LogP contribution in [0.1, 0.15) is 34.8 Å². The van der Waals surface area contributed by atoms with Crippen molar-refractivity contribution >= 4 is 34.8 Å². The van der Waals surface area contributed by atoms with Crippen molar-refractivity contribution in [2.24, 2.45) is 5.92 Å². The van der Waals surface area contributed by atoms with Crippen molar-refractivity contribution in [3.05, 3.63) is 75.1 Å². The van der Waals surface area contributed by atoms with Gasteiger partial charge in [0.1, 0.15) is 6.04 Å². The monoisotopic (exact) mass is 455 g/mol. The number of aryl methyl sites for hydroxylation is 1. The standard InChI is InChI=1S/C24H26ClN3O2S/c1-15(2)22(28-23(29)19-6-4-5-7-20(19)25)24(30)26-13-12-17-8-10-18(11-9-17)21-14-31-16(3)27-21/h4-11,14-15,22H,12-13H2,1-3H3,(H,26,30)(H,28,29)/t22-/m0/s1. The van der Waals surface area contributed by atoms with Gasteiger partial charge in [0.05, 0.1) is 21.3 Å². The van der Waals surface area contributed by atoms with Crippen molar-refractivity contribution in [3.63, 3.8) is 0 Å². The summed E-state index contributed by atoms with van der Waals surface area (Å²) in [6, 6.07) is 14.4. The average Bonchev–Trinajstić information content (AvgIpc) is 3.18. The molecule has 7 heteroatoms. The third kappa shape index (κ3) is 6.15. The second-order valence-corrected chi connectivity index (χ2v) is 9.13. The van der Waals surface area contributed by atoms with E-state index in [2.05, 4.69) is 27.8 Å². The van der Waals surface area contributed by atoms with Gasteiger partial charge in [0.25, 0.3) is 5.91 Å². The molecule has 0 radical (unpaired) electrons. The lowest BCUT2D eigenvalue weighted by Crippen LogP contribution is -2.50. The van der Waals surface area contributed by atoms with Gasteiger partial charge in [-0.1, -0.05) is 61.8 Å². The second kappa shape index (κ2) is 10.6. The Kier molecular flexibility index (Phi) is 7.82. The molecule has 5 nitrogen and oxygen atoms in total. The van der Waals surface area contributed by atoms with Crippen LogP contribution in [-0.2, 0) is 11.2 Å². The largest absolute Gasteiger partial charge is 0.354 e. The van der Waals surface area contributed by atoms with Crippen molar-refractivity contribution in [1.29, 1.82) is 0 Å². The summed E-state index contributed by atoms with van der Waals surface area (Å²) in [4.78, 5) is 29.8. The molecule has 2 amide bonds. The minimum absolute atomic E-state index is 0.0627. The topological polar surface area (TPSA) is 71.1 Å². The molecule has 2 N–H and O–H groups in total. The molecule has 3 rings (SSSR count). The maximum atomic E-state index is 12.7. The molecule has 0 bridgehead atoms. The number of carbonyl (C=O) groups excluding carboxylic acids is 2. The molecule has 1 heterocycles. The van der Waals surface area contributed by atoms with Crippen LogP contribution in [0.15, 0.2) is 53.9 Å². The first-order chi connectivity index (χ1) is 14.8. The molecule has 1 atom stereocenters. The van der Waals surface area contributed by atoms with Gasteiger partial charge < -0.3 is 10.6 Å². The minimum atomic E-state index is -0.640. The zero-order valence-electron chi connectivity index (χ0n) is 17.8. The summed E-state index contributed by atoms with van der Waals surface area (Å²) >= 11 is 7.73. The minimum Gasteiger partial charge on any atom is -0.354 e. The van der Waals surface area contributed by atoms with E-state index >= 15 is 0 Å². The Labute approximate surface area is 191 Å². The van der Waals surface area contributed by atoms with E-state index in [0.29, 0.717) is 23.6 Å². The number of benzene rings is 2. The predicted molar refractivity (Wildman–Crippen MR) is 127 cm³/mol. The number of hydrogen-bond acceptors (Lipinski definition) is 4. The fraction of sp³-hybridized carbons (Fsp3) is 0.292. The number of rotatable bonds is 8. The molecular weight excluding hydrogens is 430 g/mol. The quantitative estimate of drug-likeness (QED) is 0.508. The molecule has 31 heavy (non-hydrogen) atoms. The summed E-state index contributed by atoms with van der Waals surface area (Å²) in [6.07, 6.45) is 0.700. The average molecular weight is 456 g/mol. The van der Waals surface area contributed by atoms with Crippen molar-refractivity contribution in [2.45, 2.75) is 33.2 Å². The summed E-state index contributed by atoms with van der Waals surface area (Å²) in [7, 11) is 0. The maximum Gasteiger partial charge on any atom is 0.253 e. The molecule has 0 saturated heterocycles. The predicted octanol–water partition coefficient (Wildman–Crippen LogP) is 4.89. The third-order valence-corrected chi connectivity index (χ3v) is 6.04. The van der Waals surface area contributed by atoms with Crippen molar-refractivity contribution in [1.82, 2.24) is 15.6 Å². The van der Waals surface area contributed by atoms with Crippen LogP contribution in [0.2, 0.25) is 5.02 Å². The fourth-order valence-electron chi connectivity index (χ4n) is 3.18. The molecular formula is C24H26ClN3O2S. The Morgan fingerprint density at radius 2 is 1.81 bits per heavy atom. The smallest absolute Gasteiger partial charge is 0.253 e. The highest BCUT2D eigenvalue weighted by atomic mass is 35.5. The molecule has 1 aromatic heterocycles. The van der Waals surface area contributed by atoms with Crippen LogP contribution in [0.5, 0.6) is 0 Å². The van der Waals surface area contributed by atoms with Crippen LogP contribution >= 0.6 is 22.9 Å². The van der Waals surface area contributed by atoms with E-state index in [4.69, 9.17) is 11.6 Å². The van der Waals surface area contributed by atoms with Crippen LogP contribution < -0.4 is 10.6 Å². The first-order valence-electron chi connectivity index (χ1n) is 10.2. The molecule has 0 aliphatic carbocycles. The maximum absolute atomic E-state index is 12.7. The molecule has 0 aliphatic rings. The molecule has 2 aromatic carbocycles. The summed E-state index contributed by atoms with van der Waals surface area (Å²) in [5, 5.41) is 9.20. The van der Waals surface area contributed by atoms with Gasteiger partial charge >= 0.3 is 0 Å². The van der Waals surface area contributed by atoms with Crippen LogP contribution in [-0.4, -0.2) is 29.4 Å². The lowest BCUT2D eigenvalue weighted by molar-refractivity contribution is -0.123. The van der Waals surface area contributed by atoms with Crippen LogP contribution in [0.4, 0.5) is 0 Å². The Bertz CT molecular complexity index is 1050. The highest BCUT2D eigenvalue weighted by Gasteiger charge is 2.25. The van der Waals surface area contributed by atoms with Crippen LogP contribution in [0.25, 0.3) is 11.3 Å². The summed E-state index contributed by atoms with van der Waals surface area (Å²) in [5.41, 5.74) is 3.55. The third-order valence-electron chi connectivity index (χ3n) is 4.94. The van der Waals surface area contributed by atoms with E-state index < -0.39 is 6.04 Å². The number of thiazole rings is 1. The Morgan fingerprint density at radius 1 is 1.10 bits per heavy atom. The van der Waals surface area contributed by atoms with Gasteiger partial charge in [-0.3, -0.25) is 9.59 Å². The number of hydrogen-bond donors (Lipinski definition) is 2. The SMILES string of the molecule is Cc1nc(-c2ccc(CCNC(=O)[C@@H](NC(=O)c3ccccc3Cl)C(C)C)cc2)cs1. The van der Waals surface area contributed by atoms with Gasteiger partial charge in [0.15, 0.2) is 0 Å². The normalized spacial score (nSPS) is 11.9. The molecule has 162 valence electrons. The highest BCUT2D eigenvalue weighted by molar-refractivity contribution is 7.09. The Morgan fingerprint density at radius 3 is 2.42 bits per heavy atom. The molecule has 0 spiro atoms. The van der Waals surface area contributed by atoms with Crippen molar-refractivity contribution in [2.75, 3.05) is 6.54 Å². The van der Waals surface area contributed by atoms with E-state index in [1.165, 1.54) is 0 Å². The Hall–Kier alpha value is -2.70. The van der Waals surface area contributed by atoms with Gasteiger partial charge in [-0.2, -0.15) is 0 Å². The number of nitrogens with one attached hydrogen (secondary N) is 2. The van der Waals surface area contributed by atoms with Crippen LogP contribution in [0, 0.1) is 12.8 Å². The summed E-state index contributed by atoms with van der Waals surface area (Å²) in [6.45, 7) is 6.28. The van der Waals surface area contributed by atoms with Gasteiger partial charge in [-0.05, 0) is 37.0 Å². The number of amides is 2. The van der Waals surface area contributed by atoms with Gasteiger partial charge in [0, 0.05) is 17.5 Å². The number of halogens is 1. The zero-order valence-corrected chi connectivity index (χ0v) is 19.4. The molecule has 0 fully saturated rings. The lowest BCUT2D eigenvalue weighted by Gasteiger charge is -2.22. The highest BCUT2D eigenvalue weighted by Crippen LogP contribution is 2.22. The van der Waals surface area contributed by atoms with Gasteiger partial charge in [-0.25, -0.2) is 4.98 Å². The molecule has 0 aliphatic heterocycles. The fourth-order valence-corrected chi connectivity index (χ4v) is 4.02. The zero-order chi connectivity index (χ0) is 22.4. The number of nitrogens with zero attached hydrogens (tertiary/aromatic N) is 1. The Balaban J connectivity index is 1.54. The molecule has 0 saturated carbocycles. The molecule has 0 unspecified atom stereocenters. The van der Waals surface area contributed by atoms with Crippen molar-refractivity contribution < 1.29 is 9.59 Å². The summed E-state index contributed by atoms with van der Waals surface area (Å²) in [5.74, 6) is -0.621. The van der Waals surface area contributed by atoms with Gasteiger partial charge in [-0.15, -0.1) is 11.3 Å². The van der Waals surface area contributed by atoms with E-state index in [1.54, 1.807) is 35.6 Å².